The van der Waals surface area contributed by atoms with E-state index in [9.17, 15) is 4.79 Å². The number of thioether (sulfide) groups is 1. The van der Waals surface area contributed by atoms with Crippen molar-refractivity contribution in [3.8, 4) is 5.75 Å². The largest absolute Gasteiger partial charge is 0.493 e. The number of nitrogens with one attached hydrogen (secondary N) is 1. The van der Waals surface area contributed by atoms with Gasteiger partial charge in [-0.3, -0.25) is 10.1 Å². The molecule has 1 heterocycles. The molecular weight excluding hydrogens is 306 g/mol. The summed E-state index contributed by atoms with van der Waals surface area (Å²) >= 11 is 2.97. The first kappa shape index (κ1) is 15.8. The van der Waals surface area contributed by atoms with Gasteiger partial charge in [0.1, 0.15) is 5.75 Å². The summed E-state index contributed by atoms with van der Waals surface area (Å²) in [6.07, 6.45) is 0.893. The summed E-state index contributed by atoms with van der Waals surface area (Å²) in [6.45, 7) is 4.66. The summed E-state index contributed by atoms with van der Waals surface area (Å²) in [5, 5.41) is 11.2. The lowest BCUT2D eigenvalue weighted by Gasteiger charge is -2.09. The lowest BCUT2D eigenvalue weighted by Crippen LogP contribution is -2.13. The van der Waals surface area contributed by atoms with Crippen molar-refractivity contribution in [2.45, 2.75) is 24.6 Å². The Morgan fingerprint density at radius 2 is 2.14 bits per heavy atom. The van der Waals surface area contributed by atoms with E-state index in [1.54, 1.807) is 23.9 Å². The lowest BCUT2D eigenvalue weighted by molar-refractivity contribution is 0.102. The van der Waals surface area contributed by atoms with E-state index < -0.39 is 0 Å². The van der Waals surface area contributed by atoms with Crippen molar-refractivity contribution < 1.29 is 9.53 Å². The Labute approximate surface area is 132 Å². The van der Waals surface area contributed by atoms with Crippen LogP contribution in [0.25, 0.3) is 0 Å². The van der Waals surface area contributed by atoms with E-state index in [0.29, 0.717) is 23.1 Å². The number of carbonyl (C=O) groups excluding carboxylic acids is 1. The number of anilines is 1. The molecule has 0 aliphatic carbocycles. The average Bonchev–Trinajstić information content (AvgIpc) is 2.93. The minimum atomic E-state index is -0.231. The van der Waals surface area contributed by atoms with Crippen LogP contribution in [0.15, 0.2) is 28.6 Å². The molecular formula is C14H17N3O2S2. The molecule has 7 heteroatoms. The molecule has 0 aliphatic rings. The molecule has 0 atom stereocenters. The maximum atomic E-state index is 12.3. The summed E-state index contributed by atoms with van der Waals surface area (Å²) in [5.74, 6) is 1.28. The molecule has 0 saturated heterocycles. The predicted octanol–water partition coefficient (Wildman–Crippen LogP) is 3.69. The number of nitrogens with zero attached hydrogens (tertiary/aromatic N) is 2. The molecule has 2 aromatic rings. The minimum Gasteiger partial charge on any atom is -0.493 e. The Hall–Kier alpha value is -1.60. The first-order valence-corrected chi connectivity index (χ1v) is 8.54. The summed E-state index contributed by atoms with van der Waals surface area (Å²) < 4.78 is 6.44. The van der Waals surface area contributed by atoms with E-state index in [-0.39, 0.29) is 5.91 Å². The molecule has 2 rings (SSSR count). The van der Waals surface area contributed by atoms with Gasteiger partial charge in [0, 0.05) is 0 Å². The zero-order chi connectivity index (χ0) is 15.1. The van der Waals surface area contributed by atoms with Crippen LogP contribution in [-0.4, -0.2) is 28.5 Å². The van der Waals surface area contributed by atoms with Gasteiger partial charge in [-0.1, -0.05) is 49.1 Å². The van der Waals surface area contributed by atoms with Crippen molar-refractivity contribution >= 4 is 34.1 Å². The van der Waals surface area contributed by atoms with Crippen LogP contribution in [0.3, 0.4) is 0 Å². The second-order valence-electron chi connectivity index (χ2n) is 4.10. The highest BCUT2D eigenvalue weighted by atomic mass is 32.2. The highest BCUT2D eigenvalue weighted by molar-refractivity contribution is 8.01. The van der Waals surface area contributed by atoms with E-state index in [1.807, 2.05) is 26.0 Å². The maximum Gasteiger partial charge on any atom is 0.261 e. The van der Waals surface area contributed by atoms with E-state index in [1.165, 1.54) is 11.3 Å². The summed E-state index contributed by atoms with van der Waals surface area (Å²) in [6, 6.07) is 7.20. The summed E-state index contributed by atoms with van der Waals surface area (Å²) in [4.78, 5) is 12.3. The Bertz CT molecular complexity index is 601. The fourth-order valence-corrected chi connectivity index (χ4v) is 3.24. The molecule has 1 N–H and O–H groups in total. The highest BCUT2D eigenvalue weighted by Crippen LogP contribution is 2.26. The Morgan fingerprint density at radius 1 is 1.33 bits per heavy atom. The number of para-hydroxylation sites is 1. The third-order valence-corrected chi connectivity index (χ3v) is 4.34. The molecule has 21 heavy (non-hydrogen) atoms. The monoisotopic (exact) mass is 323 g/mol. The van der Waals surface area contributed by atoms with Crippen molar-refractivity contribution in [2.75, 3.05) is 17.7 Å². The highest BCUT2D eigenvalue weighted by Gasteiger charge is 2.14. The number of amides is 1. The second-order valence-corrected chi connectivity index (χ2v) is 6.59. The zero-order valence-corrected chi connectivity index (χ0v) is 13.6. The number of carbonyl (C=O) groups is 1. The number of aromatic nitrogens is 2. The molecule has 1 amide bonds. The van der Waals surface area contributed by atoms with Gasteiger partial charge in [-0.25, -0.2) is 0 Å². The van der Waals surface area contributed by atoms with Crippen molar-refractivity contribution in [2.24, 2.45) is 0 Å². The average molecular weight is 323 g/mol. The maximum absolute atomic E-state index is 12.3. The van der Waals surface area contributed by atoms with E-state index >= 15 is 0 Å². The van der Waals surface area contributed by atoms with Crippen molar-refractivity contribution in [1.29, 1.82) is 0 Å². The van der Waals surface area contributed by atoms with Crippen LogP contribution >= 0.6 is 23.1 Å². The fraction of sp³-hybridized carbons (Fsp3) is 0.357. The standard InChI is InChI=1S/C14H17N3O2S2/c1-3-9-19-11-8-6-5-7-10(11)12(18)15-13-16-17-14(21-13)20-4-2/h5-8H,3-4,9H2,1-2H3,(H,15,16,18). The number of hydrogen-bond donors (Lipinski definition) is 1. The van der Waals surface area contributed by atoms with Gasteiger partial charge in [0.05, 0.1) is 12.2 Å². The minimum absolute atomic E-state index is 0.231. The lowest BCUT2D eigenvalue weighted by atomic mass is 10.2. The van der Waals surface area contributed by atoms with Gasteiger partial charge >= 0.3 is 0 Å². The Kier molecular flexibility index (Phi) is 6.01. The Morgan fingerprint density at radius 3 is 2.90 bits per heavy atom. The van der Waals surface area contributed by atoms with Gasteiger partial charge in [0.2, 0.25) is 5.13 Å². The predicted molar refractivity (Wildman–Crippen MR) is 86.5 cm³/mol. The number of hydrogen-bond acceptors (Lipinski definition) is 6. The molecule has 0 unspecified atom stereocenters. The van der Waals surface area contributed by atoms with Crippen LogP contribution < -0.4 is 10.1 Å². The molecule has 0 saturated carbocycles. The smallest absolute Gasteiger partial charge is 0.261 e. The van der Waals surface area contributed by atoms with Crippen LogP contribution in [0, 0.1) is 0 Å². The van der Waals surface area contributed by atoms with Crippen LogP contribution in [0.2, 0.25) is 0 Å². The topological polar surface area (TPSA) is 64.1 Å². The summed E-state index contributed by atoms with van der Waals surface area (Å²) in [5.41, 5.74) is 0.505. The zero-order valence-electron chi connectivity index (χ0n) is 12.0. The molecule has 112 valence electrons. The van der Waals surface area contributed by atoms with Crippen LogP contribution in [0.4, 0.5) is 5.13 Å². The van der Waals surface area contributed by atoms with Crippen molar-refractivity contribution in [3.05, 3.63) is 29.8 Å². The van der Waals surface area contributed by atoms with E-state index in [0.717, 1.165) is 16.5 Å². The quantitative estimate of drug-likeness (QED) is 0.622. The number of benzene rings is 1. The SMILES string of the molecule is CCCOc1ccccc1C(=O)Nc1nnc(SCC)s1. The van der Waals surface area contributed by atoms with Gasteiger partial charge in [-0.05, 0) is 24.3 Å². The molecule has 0 bridgehead atoms. The normalized spacial score (nSPS) is 10.4. The van der Waals surface area contributed by atoms with E-state index in [4.69, 9.17) is 4.74 Å². The van der Waals surface area contributed by atoms with Gasteiger partial charge in [-0.15, -0.1) is 10.2 Å². The first-order valence-electron chi connectivity index (χ1n) is 6.74. The third-order valence-electron chi connectivity index (χ3n) is 2.49. The molecule has 0 radical (unpaired) electrons. The fourth-order valence-electron chi connectivity index (χ4n) is 1.60. The number of ether oxygens (including phenoxy) is 1. The molecule has 0 fully saturated rings. The molecule has 0 aliphatic heterocycles. The van der Waals surface area contributed by atoms with Crippen LogP contribution in [0.1, 0.15) is 30.6 Å². The number of rotatable bonds is 7. The molecule has 5 nitrogen and oxygen atoms in total. The Balaban J connectivity index is 2.08. The van der Waals surface area contributed by atoms with Crippen LogP contribution in [0.5, 0.6) is 5.75 Å². The summed E-state index contributed by atoms with van der Waals surface area (Å²) in [7, 11) is 0. The van der Waals surface area contributed by atoms with Gasteiger partial charge in [0.25, 0.3) is 5.91 Å². The van der Waals surface area contributed by atoms with Crippen LogP contribution in [-0.2, 0) is 0 Å². The first-order chi connectivity index (χ1) is 10.2. The van der Waals surface area contributed by atoms with Gasteiger partial charge < -0.3 is 4.74 Å². The second kappa shape index (κ2) is 7.99. The van der Waals surface area contributed by atoms with Gasteiger partial charge in [-0.2, -0.15) is 0 Å². The van der Waals surface area contributed by atoms with E-state index in [2.05, 4.69) is 15.5 Å². The molecule has 0 spiro atoms. The van der Waals surface area contributed by atoms with Gasteiger partial charge in [0.15, 0.2) is 4.34 Å². The molecule has 1 aromatic carbocycles. The van der Waals surface area contributed by atoms with Crippen molar-refractivity contribution in [1.82, 2.24) is 10.2 Å². The van der Waals surface area contributed by atoms with Crippen molar-refractivity contribution in [3.63, 3.8) is 0 Å². The molecule has 1 aromatic heterocycles. The third kappa shape index (κ3) is 4.44.